The normalized spacial score (nSPS) is 19.9. The van der Waals surface area contributed by atoms with E-state index in [0.717, 1.165) is 5.92 Å². The second-order valence-corrected chi connectivity index (χ2v) is 3.44. The second kappa shape index (κ2) is 5.56. The Morgan fingerprint density at radius 2 is 1.82 bits per heavy atom. The van der Waals surface area contributed by atoms with Crippen LogP contribution in [0.2, 0.25) is 0 Å². The Morgan fingerprint density at radius 1 is 1.27 bits per heavy atom. The lowest BCUT2D eigenvalue weighted by atomic mass is 10.2. The van der Waals surface area contributed by atoms with E-state index in [1.54, 1.807) is 0 Å². The van der Waals surface area contributed by atoms with Gasteiger partial charge in [-0.3, -0.25) is 0 Å². The van der Waals surface area contributed by atoms with E-state index in [9.17, 15) is 0 Å². The van der Waals surface area contributed by atoms with Crippen LogP contribution in [0.15, 0.2) is 0 Å². The van der Waals surface area contributed by atoms with Gasteiger partial charge >= 0.3 is 0 Å². The number of rotatable bonds is 2. The molecule has 1 heterocycles. The molecule has 0 aromatic heterocycles. The van der Waals surface area contributed by atoms with Crippen molar-refractivity contribution in [1.29, 1.82) is 0 Å². The zero-order chi connectivity index (χ0) is 7.40. The van der Waals surface area contributed by atoms with Crippen LogP contribution in [0.4, 0.5) is 0 Å². The molecule has 1 rings (SSSR count). The fourth-order valence-electron chi connectivity index (χ4n) is 1.41. The summed E-state index contributed by atoms with van der Waals surface area (Å²) in [5.74, 6) is 0.818. The van der Waals surface area contributed by atoms with Gasteiger partial charge < -0.3 is 10.2 Å². The summed E-state index contributed by atoms with van der Waals surface area (Å²) in [7, 11) is 0. The lowest BCUT2D eigenvalue weighted by molar-refractivity contribution is 0.217. The molecule has 0 spiro atoms. The van der Waals surface area contributed by atoms with Gasteiger partial charge in [-0.25, -0.2) is 0 Å². The van der Waals surface area contributed by atoms with Gasteiger partial charge in [0.15, 0.2) is 0 Å². The van der Waals surface area contributed by atoms with E-state index < -0.39 is 0 Å². The van der Waals surface area contributed by atoms with Crippen molar-refractivity contribution < 1.29 is 0 Å². The van der Waals surface area contributed by atoms with Crippen molar-refractivity contribution in [3.8, 4) is 0 Å². The molecule has 1 aliphatic heterocycles. The van der Waals surface area contributed by atoms with Crippen LogP contribution in [-0.2, 0) is 0 Å². The Kier molecular flexibility index (Phi) is 5.51. The smallest absolute Gasteiger partial charge is 0.0107 e. The average Bonchev–Trinajstić information content (AvgIpc) is 1.88. The molecule has 2 nitrogen and oxygen atoms in total. The second-order valence-electron chi connectivity index (χ2n) is 3.44. The Balaban J connectivity index is 0.000001000. The quantitative estimate of drug-likeness (QED) is 0.649. The maximum Gasteiger partial charge on any atom is 0.0107 e. The molecule has 0 aromatic carbocycles. The summed E-state index contributed by atoms with van der Waals surface area (Å²) in [6.45, 7) is 10.6. The van der Waals surface area contributed by atoms with Crippen molar-refractivity contribution in [1.82, 2.24) is 10.2 Å². The van der Waals surface area contributed by atoms with Crippen LogP contribution in [0.25, 0.3) is 0 Å². The molecule has 1 aliphatic rings. The van der Waals surface area contributed by atoms with Crippen molar-refractivity contribution in [3.63, 3.8) is 0 Å². The molecule has 0 aromatic rings. The Hall–Kier alpha value is -0.0800. The maximum absolute atomic E-state index is 3.35. The zero-order valence-electron chi connectivity index (χ0n) is 7.06. The largest absolute Gasteiger partial charge is 0.314 e. The van der Waals surface area contributed by atoms with Crippen LogP contribution in [0.3, 0.4) is 0 Å². The molecule has 68 valence electrons. The molecular formula is C9H22N2. The molecule has 0 aliphatic carbocycles. The van der Waals surface area contributed by atoms with Gasteiger partial charge in [0.25, 0.3) is 0 Å². The van der Waals surface area contributed by atoms with E-state index in [-0.39, 0.29) is 7.43 Å². The first kappa shape index (κ1) is 10.9. The molecule has 1 saturated heterocycles. The minimum absolute atomic E-state index is 0. The summed E-state index contributed by atoms with van der Waals surface area (Å²) in [5.41, 5.74) is 0. The summed E-state index contributed by atoms with van der Waals surface area (Å²) in [6, 6.07) is 0. The van der Waals surface area contributed by atoms with E-state index in [4.69, 9.17) is 0 Å². The van der Waals surface area contributed by atoms with Gasteiger partial charge in [-0.2, -0.15) is 0 Å². The molecule has 1 fully saturated rings. The van der Waals surface area contributed by atoms with Crippen LogP contribution < -0.4 is 5.32 Å². The fraction of sp³-hybridized carbons (Fsp3) is 1.00. The predicted molar refractivity (Wildman–Crippen MR) is 50.9 cm³/mol. The molecule has 0 unspecified atom stereocenters. The minimum atomic E-state index is 0. The topological polar surface area (TPSA) is 15.3 Å². The van der Waals surface area contributed by atoms with Crippen LogP contribution in [-0.4, -0.2) is 37.6 Å². The van der Waals surface area contributed by atoms with Crippen LogP contribution >= 0.6 is 0 Å². The highest BCUT2D eigenvalue weighted by Gasteiger charge is 2.09. The van der Waals surface area contributed by atoms with Crippen LogP contribution in [0.1, 0.15) is 21.3 Å². The highest BCUT2D eigenvalue weighted by Crippen LogP contribution is 1.98. The average molecular weight is 158 g/mol. The molecule has 0 saturated carbocycles. The molecule has 1 N–H and O–H groups in total. The van der Waals surface area contributed by atoms with Crippen LogP contribution in [0, 0.1) is 5.92 Å². The van der Waals surface area contributed by atoms with E-state index in [1.165, 1.54) is 32.7 Å². The molecule has 0 amide bonds. The number of hydrogen-bond acceptors (Lipinski definition) is 2. The minimum Gasteiger partial charge on any atom is -0.314 e. The van der Waals surface area contributed by atoms with E-state index in [0.29, 0.717) is 0 Å². The summed E-state index contributed by atoms with van der Waals surface area (Å²) < 4.78 is 0. The SMILES string of the molecule is C.CC(C)CN1CCNCC1. The first-order chi connectivity index (χ1) is 4.79. The Bertz CT molecular complexity index is 85.6. The first-order valence-electron chi connectivity index (χ1n) is 4.22. The van der Waals surface area contributed by atoms with Gasteiger partial charge in [0, 0.05) is 32.7 Å². The lowest BCUT2D eigenvalue weighted by Crippen LogP contribution is -2.44. The van der Waals surface area contributed by atoms with Gasteiger partial charge in [-0.05, 0) is 5.92 Å². The van der Waals surface area contributed by atoms with E-state index in [1.807, 2.05) is 0 Å². The number of nitrogens with one attached hydrogen (secondary N) is 1. The highest BCUT2D eigenvalue weighted by atomic mass is 15.2. The molecule has 2 heteroatoms. The predicted octanol–water partition coefficient (Wildman–Crippen LogP) is 1.18. The van der Waals surface area contributed by atoms with Crippen molar-refractivity contribution in [2.45, 2.75) is 21.3 Å². The summed E-state index contributed by atoms with van der Waals surface area (Å²) in [6.07, 6.45) is 0. The highest BCUT2D eigenvalue weighted by molar-refractivity contribution is 4.67. The van der Waals surface area contributed by atoms with Crippen molar-refractivity contribution in [2.24, 2.45) is 5.92 Å². The summed E-state index contributed by atoms with van der Waals surface area (Å²) >= 11 is 0. The lowest BCUT2D eigenvalue weighted by Gasteiger charge is -2.28. The molecule has 0 radical (unpaired) electrons. The third-order valence-electron chi connectivity index (χ3n) is 1.83. The maximum atomic E-state index is 3.35. The van der Waals surface area contributed by atoms with Gasteiger partial charge in [0.1, 0.15) is 0 Å². The third-order valence-corrected chi connectivity index (χ3v) is 1.83. The van der Waals surface area contributed by atoms with Gasteiger partial charge in [0.05, 0.1) is 0 Å². The number of nitrogens with zero attached hydrogens (tertiary/aromatic N) is 1. The van der Waals surface area contributed by atoms with E-state index in [2.05, 4.69) is 24.1 Å². The van der Waals surface area contributed by atoms with Crippen molar-refractivity contribution in [3.05, 3.63) is 0 Å². The monoisotopic (exact) mass is 158 g/mol. The number of piperazine rings is 1. The molecule has 0 bridgehead atoms. The number of hydrogen-bond donors (Lipinski definition) is 1. The Labute approximate surface area is 71.0 Å². The van der Waals surface area contributed by atoms with Gasteiger partial charge in [-0.15, -0.1) is 0 Å². The van der Waals surface area contributed by atoms with Gasteiger partial charge in [-0.1, -0.05) is 21.3 Å². The van der Waals surface area contributed by atoms with Crippen LogP contribution in [0.5, 0.6) is 0 Å². The van der Waals surface area contributed by atoms with E-state index >= 15 is 0 Å². The zero-order valence-corrected chi connectivity index (χ0v) is 7.06. The van der Waals surface area contributed by atoms with Crippen molar-refractivity contribution in [2.75, 3.05) is 32.7 Å². The molecular weight excluding hydrogens is 136 g/mol. The molecule has 11 heavy (non-hydrogen) atoms. The van der Waals surface area contributed by atoms with Gasteiger partial charge in [0.2, 0.25) is 0 Å². The summed E-state index contributed by atoms with van der Waals surface area (Å²) in [5, 5.41) is 3.35. The van der Waals surface area contributed by atoms with Crippen molar-refractivity contribution >= 4 is 0 Å². The summed E-state index contributed by atoms with van der Waals surface area (Å²) in [4.78, 5) is 2.53. The standard InChI is InChI=1S/C8H18N2.CH4/c1-8(2)7-10-5-3-9-4-6-10;/h8-9H,3-7H2,1-2H3;1H4. The first-order valence-corrected chi connectivity index (χ1v) is 4.22. The molecule has 0 atom stereocenters. The Morgan fingerprint density at radius 3 is 2.27 bits per heavy atom. The fourth-order valence-corrected chi connectivity index (χ4v) is 1.41. The third kappa shape index (κ3) is 4.38.